The van der Waals surface area contributed by atoms with Crippen molar-refractivity contribution < 1.29 is 4.79 Å². The van der Waals surface area contributed by atoms with Gasteiger partial charge in [-0.25, -0.2) is 9.67 Å². The summed E-state index contributed by atoms with van der Waals surface area (Å²) in [6.45, 7) is 6.22. The van der Waals surface area contributed by atoms with Gasteiger partial charge in [0.25, 0.3) is 0 Å². The molecule has 1 atom stereocenters. The molecule has 0 aliphatic rings. The minimum absolute atomic E-state index is 0.120. The fourth-order valence-electron chi connectivity index (χ4n) is 3.39. The number of para-hydroxylation sites is 2. The van der Waals surface area contributed by atoms with Gasteiger partial charge in [0.05, 0.1) is 22.8 Å². The molecule has 3 heterocycles. The number of carbonyl (C=O) groups is 1. The van der Waals surface area contributed by atoms with Crippen LogP contribution in [0.15, 0.2) is 42.6 Å². The van der Waals surface area contributed by atoms with Gasteiger partial charge in [0, 0.05) is 19.3 Å². The van der Waals surface area contributed by atoms with Gasteiger partial charge in [-0.3, -0.25) is 9.48 Å². The van der Waals surface area contributed by atoms with E-state index in [0.29, 0.717) is 5.82 Å². The number of benzene rings is 1. The van der Waals surface area contributed by atoms with Crippen LogP contribution in [0.3, 0.4) is 0 Å². The number of aryl methyl sites for hydroxylation is 2. The van der Waals surface area contributed by atoms with Crippen LogP contribution in [-0.4, -0.2) is 35.0 Å². The minimum atomic E-state index is -0.144. The molecule has 0 aliphatic heterocycles. The number of rotatable bonds is 6. The monoisotopic (exact) mass is 391 g/mol. The van der Waals surface area contributed by atoms with Gasteiger partial charge >= 0.3 is 0 Å². The van der Waals surface area contributed by atoms with Crippen LogP contribution in [0.4, 0.5) is 5.82 Å². The predicted octanol–water partition coefficient (Wildman–Crippen LogP) is 3.55. The lowest BCUT2D eigenvalue weighted by atomic mass is 10.3. The van der Waals surface area contributed by atoms with Crippen LogP contribution in [-0.2, 0) is 18.4 Å². The molecule has 0 fully saturated rings. The topological polar surface area (TPSA) is 82.6 Å². The Morgan fingerprint density at radius 3 is 2.76 bits per heavy atom. The van der Waals surface area contributed by atoms with Crippen molar-refractivity contribution >= 4 is 22.8 Å². The number of hydrogen-bond acceptors (Lipinski definition) is 4. The van der Waals surface area contributed by atoms with Crippen molar-refractivity contribution in [3.63, 3.8) is 0 Å². The average molecular weight is 391 g/mol. The lowest BCUT2D eigenvalue weighted by Crippen LogP contribution is -2.22. The standard InChI is InChI=1S/C21H25N7O/c1-5-15(3)28-19(12-14(2)24-28)23-20(29)13-27-11-10-17(25-27)21-22-16-8-6-7-9-18(16)26(21)4/h6-12,15H,5,13H2,1-4H3,(H,23,29). The van der Waals surface area contributed by atoms with E-state index in [4.69, 9.17) is 0 Å². The fourth-order valence-corrected chi connectivity index (χ4v) is 3.39. The Labute approximate surface area is 169 Å². The summed E-state index contributed by atoms with van der Waals surface area (Å²) in [5.74, 6) is 1.34. The highest BCUT2D eigenvalue weighted by Crippen LogP contribution is 2.22. The molecule has 4 rings (SSSR count). The van der Waals surface area contributed by atoms with Crippen LogP contribution in [0, 0.1) is 6.92 Å². The van der Waals surface area contributed by atoms with E-state index >= 15 is 0 Å². The quantitative estimate of drug-likeness (QED) is 0.545. The number of carbonyl (C=O) groups excluding carboxylic acids is 1. The molecule has 29 heavy (non-hydrogen) atoms. The van der Waals surface area contributed by atoms with Crippen LogP contribution < -0.4 is 5.32 Å². The van der Waals surface area contributed by atoms with Gasteiger partial charge in [0.15, 0.2) is 5.82 Å². The number of nitrogens with one attached hydrogen (secondary N) is 1. The van der Waals surface area contributed by atoms with Gasteiger partial charge < -0.3 is 9.88 Å². The Kier molecular flexibility index (Phi) is 4.92. The smallest absolute Gasteiger partial charge is 0.247 e. The van der Waals surface area contributed by atoms with E-state index in [1.165, 1.54) is 0 Å². The Balaban J connectivity index is 1.51. The number of amides is 1. The number of imidazole rings is 1. The zero-order valence-corrected chi connectivity index (χ0v) is 17.1. The number of anilines is 1. The summed E-state index contributed by atoms with van der Waals surface area (Å²) in [6.07, 6.45) is 2.73. The molecular weight excluding hydrogens is 366 g/mol. The van der Waals surface area contributed by atoms with E-state index < -0.39 is 0 Å². The summed E-state index contributed by atoms with van der Waals surface area (Å²) in [7, 11) is 1.97. The number of fused-ring (bicyclic) bond motifs is 1. The van der Waals surface area contributed by atoms with Crippen LogP contribution in [0.2, 0.25) is 0 Å². The normalized spacial score (nSPS) is 12.4. The second-order valence-corrected chi connectivity index (χ2v) is 7.30. The van der Waals surface area contributed by atoms with E-state index in [-0.39, 0.29) is 18.5 Å². The molecule has 0 bridgehead atoms. The van der Waals surface area contributed by atoms with Crippen molar-refractivity contribution in [1.82, 2.24) is 29.1 Å². The SMILES string of the molecule is CCC(C)n1nc(C)cc1NC(=O)Cn1ccc(-c2nc3ccccc3n2C)n1. The molecule has 8 heteroatoms. The zero-order chi connectivity index (χ0) is 20.5. The summed E-state index contributed by atoms with van der Waals surface area (Å²) in [6, 6.07) is 11.9. The van der Waals surface area contributed by atoms with Crippen molar-refractivity contribution in [3.8, 4) is 11.5 Å². The number of nitrogens with zero attached hydrogens (tertiary/aromatic N) is 6. The largest absolute Gasteiger partial charge is 0.326 e. The van der Waals surface area contributed by atoms with Gasteiger partial charge in [0.2, 0.25) is 5.91 Å². The third kappa shape index (κ3) is 3.65. The van der Waals surface area contributed by atoms with E-state index in [2.05, 4.69) is 34.3 Å². The summed E-state index contributed by atoms with van der Waals surface area (Å²) in [5, 5.41) is 12.0. The Morgan fingerprint density at radius 2 is 2.00 bits per heavy atom. The first-order valence-electron chi connectivity index (χ1n) is 9.77. The lowest BCUT2D eigenvalue weighted by molar-refractivity contribution is -0.116. The molecule has 8 nitrogen and oxygen atoms in total. The number of hydrogen-bond donors (Lipinski definition) is 1. The molecule has 0 radical (unpaired) electrons. The minimum Gasteiger partial charge on any atom is -0.326 e. The van der Waals surface area contributed by atoms with Gasteiger partial charge in [-0.05, 0) is 38.5 Å². The highest BCUT2D eigenvalue weighted by molar-refractivity contribution is 5.89. The average Bonchev–Trinajstić information content (AvgIpc) is 3.39. The fraction of sp³-hybridized carbons (Fsp3) is 0.333. The predicted molar refractivity (Wildman–Crippen MR) is 113 cm³/mol. The molecule has 0 saturated carbocycles. The van der Waals surface area contributed by atoms with E-state index in [1.807, 2.05) is 59.6 Å². The molecule has 3 aromatic heterocycles. The molecule has 4 aromatic rings. The van der Waals surface area contributed by atoms with E-state index in [9.17, 15) is 4.79 Å². The van der Waals surface area contributed by atoms with Crippen LogP contribution >= 0.6 is 0 Å². The van der Waals surface area contributed by atoms with E-state index in [0.717, 1.165) is 34.7 Å². The van der Waals surface area contributed by atoms with Crippen molar-refractivity contribution in [2.45, 2.75) is 39.8 Å². The highest BCUT2D eigenvalue weighted by atomic mass is 16.2. The van der Waals surface area contributed by atoms with Gasteiger partial charge in [-0.15, -0.1) is 0 Å². The van der Waals surface area contributed by atoms with Gasteiger partial charge in [0.1, 0.15) is 18.1 Å². The molecular formula is C21H25N7O. The van der Waals surface area contributed by atoms with Crippen molar-refractivity contribution in [2.75, 3.05) is 5.32 Å². The molecule has 150 valence electrons. The summed E-state index contributed by atoms with van der Waals surface area (Å²) in [4.78, 5) is 17.2. The maximum atomic E-state index is 12.6. The first kappa shape index (κ1) is 18.9. The third-order valence-electron chi connectivity index (χ3n) is 5.10. The van der Waals surface area contributed by atoms with Crippen molar-refractivity contribution in [3.05, 3.63) is 48.3 Å². The summed E-state index contributed by atoms with van der Waals surface area (Å²) < 4.78 is 5.50. The maximum Gasteiger partial charge on any atom is 0.247 e. The van der Waals surface area contributed by atoms with Crippen molar-refractivity contribution in [2.24, 2.45) is 7.05 Å². The van der Waals surface area contributed by atoms with E-state index in [1.54, 1.807) is 10.9 Å². The first-order valence-corrected chi connectivity index (χ1v) is 9.77. The molecule has 1 aromatic carbocycles. The Bertz CT molecular complexity index is 1170. The number of aromatic nitrogens is 6. The Hall–Kier alpha value is -3.42. The second-order valence-electron chi connectivity index (χ2n) is 7.30. The van der Waals surface area contributed by atoms with Crippen LogP contribution in [0.1, 0.15) is 32.0 Å². The summed E-state index contributed by atoms with van der Waals surface area (Å²) in [5.41, 5.74) is 3.58. The molecule has 1 unspecified atom stereocenters. The maximum absolute atomic E-state index is 12.6. The summed E-state index contributed by atoms with van der Waals surface area (Å²) >= 11 is 0. The third-order valence-corrected chi connectivity index (χ3v) is 5.10. The van der Waals surface area contributed by atoms with Gasteiger partial charge in [-0.1, -0.05) is 19.1 Å². The van der Waals surface area contributed by atoms with Crippen molar-refractivity contribution in [1.29, 1.82) is 0 Å². The first-order chi connectivity index (χ1) is 14.0. The van der Waals surface area contributed by atoms with Crippen LogP contribution in [0.5, 0.6) is 0 Å². The highest BCUT2D eigenvalue weighted by Gasteiger charge is 2.15. The molecule has 1 N–H and O–H groups in total. The molecule has 0 spiro atoms. The molecule has 0 saturated heterocycles. The lowest BCUT2D eigenvalue weighted by Gasteiger charge is -2.14. The molecule has 0 aliphatic carbocycles. The zero-order valence-electron chi connectivity index (χ0n) is 17.1. The van der Waals surface area contributed by atoms with Crippen LogP contribution in [0.25, 0.3) is 22.6 Å². The van der Waals surface area contributed by atoms with Gasteiger partial charge in [-0.2, -0.15) is 10.2 Å². The molecule has 1 amide bonds. The second kappa shape index (κ2) is 7.54. The Morgan fingerprint density at radius 1 is 1.21 bits per heavy atom.